The van der Waals surface area contributed by atoms with Gasteiger partial charge in [-0.3, -0.25) is 4.99 Å². The van der Waals surface area contributed by atoms with Crippen LogP contribution in [0.1, 0.15) is 31.7 Å². The minimum Gasteiger partial charge on any atom is -0.357 e. The number of benzene rings is 1. The molecule has 0 spiro atoms. The van der Waals surface area contributed by atoms with Crippen LogP contribution in [0.5, 0.6) is 0 Å². The van der Waals surface area contributed by atoms with Crippen molar-refractivity contribution in [2.75, 3.05) is 39.0 Å². The first-order chi connectivity index (χ1) is 11.9. The van der Waals surface area contributed by atoms with Gasteiger partial charge in [0.15, 0.2) is 5.96 Å². The lowest BCUT2D eigenvalue weighted by Gasteiger charge is -2.39. The number of likely N-dealkylation sites (tertiary alicyclic amines) is 1. The summed E-state index contributed by atoms with van der Waals surface area (Å²) in [6, 6.07) is 10.7. The molecule has 1 aliphatic heterocycles. The second kappa shape index (κ2) is 11.1. The van der Waals surface area contributed by atoms with Crippen LogP contribution in [0.3, 0.4) is 0 Å². The summed E-state index contributed by atoms with van der Waals surface area (Å²) in [6.45, 7) is 7.79. The zero-order valence-electron chi connectivity index (χ0n) is 15.8. The molecular weight excluding hydrogens is 463 g/mol. The monoisotopic (exact) mass is 494 g/mol. The second-order valence-electron chi connectivity index (χ2n) is 6.63. The van der Waals surface area contributed by atoms with Crippen molar-refractivity contribution in [2.24, 2.45) is 10.9 Å². The van der Waals surface area contributed by atoms with E-state index < -0.39 is 10.0 Å². The molecule has 1 saturated heterocycles. The van der Waals surface area contributed by atoms with E-state index in [1.54, 1.807) is 0 Å². The molecule has 1 fully saturated rings. The van der Waals surface area contributed by atoms with Gasteiger partial charge in [-0.05, 0) is 30.7 Å². The fourth-order valence-electron chi connectivity index (χ4n) is 3.35. The molecule has 2 atom stereocenters. The number of rotatable bonds is 6. The average molecular weight is 494 g/mol. The molecule has 0 amide bonds. The molecule has 26 heavy (non-hydrogen) atoms. The lowest BCUT2D eigenvalue weighted by molar-refractivity contribution is 0.234. The van der Waals surface area contributed by atoms with E-state index in [0.29, 0.717) is 24.9 Å². The molecule has 8 heteroatoms. The Bertz CT molecular complexity index is 667. The van der Waals surface area contributed by atoms with Crippen LogP contribution in [-0.4, -0.2) is 58.3 Å². The molecule has 2 N–H and O–H groups in total. The van der Waals surface area contributed by atoms with Crippen LogP contribution in [-0.2, 0) is 10.0 Å². The third-order valence-corrected chi connectivity index (χ3v) is 5.23. The molecule has 2 unspecified atom stereocenters. The molecular formula is C18H31IN4O2S. The lowest BCUT2D eigenvalue weighted by atomic mass is 9.82. The minimum absolute atomic E-state index is 0. The number of nitrogens with zero attached hydrogens (tertiary/aromatic N) is 2. The molecule has 6 nitrogen and oxygen atoms in total. The molecule has 1 aliphatic rings. The number of sulfonamides is 1. The largest absolute Gasteiger partial charge is 0.357 e. The van der Waals surface area contributed by atoms with Crippen molar-refractivity contribution >= 4 is 40.0 Å². The van der Waals surface area contributed by atoms with Crippen LogP contribution in [0.15, 0.2) is 35.3 Å². The van der Waals surface area contributed by atoms with E-state index >= 15 is 0 Å². The highest BCUT2D eigenvalue weighted by Crippen LogP contribution is 2.32. The van der Waals surface area contributed by atoms with Crippen LogP contribution in [0.2, 0.25) is 0 Å². The van der Waals surface area contributed by atoms with E-state index in [1.165, 1.54) is 5.56 Å². The Morgan fingerprint density at radius 3 is 2.58 bits per heavy atom. The van der Waals surface area contributed by atoms with Crippen LogP contribution in [0.4, 0.5) is 0 Å². The Labute approximate surface area is 174 Å². The van der Waals surface area contributed by atoms with Crippen LogP contribution < -0.4 is 10.0 Å². The Balaban J connectivity index is 0.00000338. The molecule has 0 aliphatic carbocycles. The van der Waals surface area contributed by atoms with Gasteiger partial charge in [-0.25, -0.2) is 13.1 Å². The van der Waals surface area contributed by atoms with Crippen LogP contribution >= 0.6 is 24.0 Å². The van der Waals surface area contributed by atoms with Crippen molar-refractivity contribution in [1.82, 2.24) is 14.9 Å². The third-order valence-electron chi connectivity index (χ3n) is 4.51. The highest BCUT2D eigenvalue weighted by atomic mass is 127. The van der Waals surface area contributed by atoms with Crippen molar-refractivity contribution < 1.29 is 8.42 Å². The maximum Gasteiger partial charge on any atom is 0.208 e. The fourth-order valence-corrected chi connectivity index (χ4v) is 3.81. The van der Waals surface area contributed by atoms with E-state index in [4.69, 9.17) is 0 Å². The summed E-state index contributed by atoms with van der Waals surface area (Å²) in [7, 11) is -3.16. The van der Waals surface area contributed by atoms with Crippen molar-refractivity contribution in [3.05, 3.63) is 35.9 Å². The first-order valence-corrected chi connectivity index (χ1v) is 10.8. The molecule has 0 radical (unpaired) electrons. The smallest absolute Gasteiger partial charge is 0.208 e. The number of halogens is 1. The lowest BCUT2D eigenvalue weighted by Crippen LogP contribution is -2.48. The molecule has 1 aromatic rings. The molecule has 0 aromatic heterocycles. The number of aliphatic imine (C=N–C) groups is 1. The Hall–Kier alpha value is -0.870. The SMILES string of the molecule is CCNC(=NCCNS(C)(=O)=O)N1CCC(c2ccccc2)C(C)C1.I. The summed E-state index contributed by atoms with van der Waals surface area (Å²) >= 11 is 0. The third kappa shape index (κ3) is 7.40. The second-order valence-corrected chi connectivity index (χ2v) is 8.46. The Morgan fingerprint density at radius 1 is 1.31 bits per heavy atom. The minimum atomic E-state index is -3.16. The van der Waals surface area contributed by atoms with E-state index in [1.807, 2.05) is 6.92 Å². The first kappa shape index (κ1) is 23.2. The average Bonchev–Trinajstić information content (AvgIpc) is 2.57. The van der Waals surface area contributed by atoms with Gasteiger partial charge in [0.25, 0.3) is 0 Å². The molecule has 0 bridgehead atoms. The number of nitrogens with one attached hydrogen (secondary N) is 2. The van der Waals surface area contributed by atoms with Crippen molar-refractivity contribution in [3.63, 3.8) is 0 Å². The van der Waals surface area contributed by atoms with E-state index in [9.17, 15) is 8.42 Å². The predicted octanol–water partition coefficient (Wildman–Crippen LogP) is 2.24. The Kier molecular flexibility index (Phi) is 9.88. The highest BCUT2D eigenvalue weighted by Gasteiger charge is 2.28. The normalized spacial score (nSPS) is 21.2. The zero-order valence-corrected chi connectivity index (χ0v) is 19.0. The fraction of sp³-hybridized carbons (Fsp3) is 0.611. The zero-order chi connectivity index (χ0) is 18.3. The van der Waals surface area contributed by atoms with Gasteiger partial charge < -0.3 is 10.2 Å². The molecule has 148 valence electrons. The first-order valence-electron chi connectivity index (χ1n) is 8.93. The van der Waals surface area contributed by atoms with Gasteiger partial charge in [-0.1, -0.05) is 37.3 Å². The number of guanidine groups is 1. The molecule has 0 saturated carbocycles. The van der Waals surface area contributed by atoms with E-state index in [0.717, 1.165) is 38.3 Å². The maximum atomic E-state index is 11.1. The number of piperidine rings is 1. The molecule has 1 aromatic carbocycles. The van der Waals surface area contributed by atoms with Gasteiger partial charge in [0.2, 0.25) is 10.0 Å². The highest BCUT2D eigenvalue weighted by molar-refractivity contribution is 14.0. The molecule has 1 heterocycles. The number of hydrogen-bond donors (Lipinski definition) is 2. The van der Waals surface area contributed by atoms with E-state index in [2.05, 4.69) is 57.2 Å². The standard InChI is InChI=1S/C18H30N4O2S.HI/c1-4-19-18(20-11-12-21-25(3,23)24)22-13-10-17(15(2)14-22)16-8-6-5-7-9-16;/h5-9,15,17,21H,4,10-14H2,1-3H3,(H,19,20);1H. The maximum absolute atomic E-state index is 11.1. The van der Waals surface area contributed by atoms with Crippen molar-refractivity contribution in [1.29, 1.82) is 0 Å². The summed E-state index contributed by atoms with van der Waals surface area (Å²) in [5.41, 5.74) is 1.41. The van der Waals surface area contributed by atoms with E-state index in [-0.39, 0.29) is 24.0 Å². The summed E-state index contributed by atoms with van der Waals surface area (Å²) in [5.74, 6) is 1.98. The molecule has 2 rings (SSSR count). The van der Waals surface area contributed by atoms with Crippen LogP contribution in [0, 0.1) is 5.92 Å². The van der Waals surface area contributed by atoms with Gasteiger partial charge in [0.1, 0.15) is 0 Å². The van der Waals surface area contributed by atoms with Gasteiger partial charge >= 0.3 is 0 Å². The van der Waals surface area contributed by atoms with Gasteiger partial charge in [-0.15, -0.1) is 24.0 Å². The summed E-state index contributed by atoms with van der Waals surface area (Å²) in [5, 5.41) is 3.32. The topological polar surface area (TPSA) is 73.8 Å². The van der Waals surface area contributed by atoms with Crippen molar-refractivity contribution in [3.8, 4) is 0 Å². The predicted molar refractivity (Wildman–Crippen MR) is 119 cm³/mol. The van der Waals surface area contributed by atoms with Gasteiger partial charge in [0, 0.05) is 26.2 Å². The van der Waals surface area contributed by atoms with Crippen LogP contribution in [0.25, 0.3) is 0 Å². The van der Waals surface area contributed by atoms with Gasteiger partial charge in [0.05, 0.1) is 12.8 Å². The van der Waals surface area contributed by atoms with Crippen molar-refractivity contribution in [2.45, 2.75) is 26.2 Å². The summed E-state index contributed by atoms with van der Waals surface area (Å²) < 4.78 is 24.7. The summed E-state index contributed by atoms with van der Waals surface area (Å²) in [6.07, 6.45) is 2.26. The quantitative estimate of drug-likeness (QED) is 0.276. The summed E-state index contributed by atoms with van der Waals surface area (Å²) in [4.78, 5) is 6.86. The van der Waals surface area contributed by atoms with Gasteiger partial charge in [-0.2, -0.15) is 0 Å². The Morgan fingerprint density at radius 2 is 2.00 bits per heavy atom. The number of hydrogen-bond acceptors (Lipinski definition) is 3.